The average Bonchev–Trinajstić information content (AvgIpc) is 3.81. The number of ether oxygens (including phenoxy) is 2. The van der Waals surface area contributed by atoms with Crippen molar-refractivity contribution in [3.05, 3.63) is 92.5 Å². The van der Waals surface area contributed by atoms with E-state index in [4.69, 9.17) is 32.7 Å². The number of carbonyl (C=O) groups excluding carboxylic acids is 3. The van der Waals surface area contributed by atoms with Crippen molar-refractivity contribution in [3.63, 3.8) is 0 Å². The second-order valence-electron chi connectivity index (χ2n) is 16.2. The maximum absolute atomic E-state index is 14.9. The fourth-order valence-electron chi connectivity index (χ4n) is 7.53. The van der Waals surface area contributed by atoms with Crippen LogP contribution in [0.5, 0.6) is 5.75 Å². The van der Waals surface area contributed by atoms with Crippen molar-refractivity contribution in [2.75, 3.05) is 11.9 Å². The zero-order valence-corrected chi connectivity index (χ0v) is 38.2. The normalized spacial score (nSPS) is 11.9. The number of imidazole rings is 1. The molecule has 14 heteroatoms. The van der Waals surface area contributed by atoms with Crippen molar-refractivity contribution < 1.29 is 23.9 Å². The number of Topliss-reactive ketones (excluding diaryl/α,β-unsaturated/α-hetero) is 1. The Bertz CT molecular complexity index is 2280. The lowest BCUT2D eigenvalue weighted by atomic mass is 10.0. The number of rotatable bonds is 27. The molecule has 0 spiro atoms. The Morgan fingerprint density at radius 1 is 0.774 bits per heavy atom. The van der Waals surface area contributed by atoms with E-state index in [1.165, 1.54) is 99.5 Å². The van der Waals surface area contributed by atoms with Gasteiger partial charge in [-0.1, -0.05) is 162 Å². The third-order valence-electron chi connectivity index (χ3n) is 10.8. The van der Waals surface area contributed by atoms with Crippen LogP contribution in [0.3, 0.4) is 0 Å². The molecule has 1 amide bonds. The van der Waals surface area contributed by atoms with Crippen LogP contribution >= 0.6 is 23.2 Å². The SMILES string of the molecule is CCCCCCCCCCCCCCCCOC(=O)c1ccc(NC(=O)C(C(=O)c2[nH]c(=O)n(CCCC)c2-c2ccccc2)n2nnc3cc(Cl)c(Cl)cc32)c(OC(C)C)c1. The average molecular weight is 890 g/mol. The van der Waals surface area contributed by atoms with Crippen LogP contribution in [0.15, 0.2) is 65.5 Å². The van der Waals surface area contributed by atoms with Crippen LogP contribution in [0.25, 0.3) is 22.3 Å². The smallest absolute Gasteiger partial charge is 0.338 e. The zero-order valence-electron chi connectivity index (χ0n) is 36.7. The highest BCUT2D eigenvalue weighted by Crippen LogP contribution is 2.33. The Kier molecular flexibility index (Phi) is 19.1. The first kappa shape index (κ1) is 48.1. The Morgan fingerprint density at radius 3 is 2.02 bits per heavy atom. The van der Waals surface area contributed by atoms with Crippen molar-refractivity contribution in [2.45, 2.75) is 149 Å². The molecule has 0 saturated carbocycles. The van der Waals surface area contributed by atoms with Crippen LogP contribution in [-0.4, -0.2) is 54.9 Å². The summed E-state index contributed by atoms with van der Waals surface area (Å²) in [5.41, 5.74) is 1.41. The lowest BCUT2D eigenvalue weighted by Crippen LogP contribution is -2.34. The van der Waals surface area contributed by atoms with E-state index in [9.17, 15) is 19.2 Å². The van der Waals surface area contributed by atoms with Crippen LogP contribution in [-0.2, 0) is 16.1 Å². The minimum Gasteiger partial charge on any atom is -0.489 e. The van der Waals surface area contributed by atoms with Gasteiger partial charge in [-0.15, -0.1) is 5.10 Å². The van der Waals surface area contributed by atoms with E-state index in [1.807, 2.05) is 39.0 Å². The van der Waals surface area contributed by atoms with Crippen molar-refractivity contribution in [1.82, 2.24) is 24.5 Å². The van der Waals surface area contributed by atoms with Gasteiger partial charge in [0.05, 0.1) is 45.2 Å². The Labute approximate surface area is 375 Å². The molecule has 334 valence electrons. The Hall–Kier alpha value is -4.94. The van der Waals surface area contributed by atoms with Gasteiger partial charge in [-0.3, -0.25) is 14.2 Å². The molecule has 2 aromatic heterocycles. The summed E-state index contributed by atoms with van der Waals surface area (Å²) >= 11 is 12.7. The first-order chi connectivity index (χ1) is 30.0. The topological polar surface area (TPSA) is 150 Å². The number of ketones is 1. The molecule has 0 aliphatic rings. The molecule has 0 fully saturated rings. The number of aromatic nitrogens is 5. The van der Waals surface area contributed by atoms with E-state index < -0.39 is 29.4 Å². The fraction of sp³-hybridized carbons (Fsp3) is 0.500. The van der Waals surface area contributed by atoms with E-state index >= 15 is 0 Å². The van der Waals surface area contributed by atoms with Gasteiger partial charge in [-0.25, -0.2) is 14.3 Å². The van der Waals surface area contributed by atoms with Gasteiger partial charge in [0.15, 0.2) is 6.04 Å². The molecule has 2 heterocycles. The van der Waals surface area contributed by atoms with E-state index in [2.05, 4.69) is 27.5 Å². The maximum atomic E-state index is 14.9. The summed E-state index contributed by atoms with van der Waals surface area (Å²) in [4.78, 5) is 59.0. The van der Waals surface area contributed by atoms with E-state index in [0.29, 0.717) is 36.3 Å². The predicted octanol–water partition coefficient (Wildman–Crippen LogP) is 12.2. The molecule has 0 bridgehead atoms. The summed E-state index contributed by atoms with van der Waals surface area (Å²) in [6.45, 7) is 8.55. The van der Waals surface area contributed by atoms with E-state index in [0.717, 1.165) is 30.4 Å². The van der Waals surface area contributed by atoms with E-state index in [-0.39, 0.29) is 44.4 Å². The molecule has 5 rings (SSSR count). The summed E-state index contributed by atoms with van der Waals surface area (Å²) in [5, 5.41) is 11.7. The molecule has 0 radical (unpaired) electrons. The van der Waals surface area contributed by atoms with Crippen molar-refractivity contribution >= 4 is 57.6 Å². The summed E-state index contributed by atoms with van der Waals surface area (Å²) in [6.07, 6.45) is 18.5. The van der Waals surface area contributed by atoms with Gasteiger partial charge in [0.25, 0.3) is 5.91 Å². The molecule has 0 saturated heterocycles. The van der Waals surface area contributed by atoms with Gasteiger partial charge in [0.2, 0.25) is 5.78 Å². The summed E-state index contributed by atoms with van der Waals surface area (Å²) < 4.78 is 14.4. The summed E-state index contributed by atoms with van der Waals surface area (Å²) in [5.74, 6) is -1.86. The largest absolute Gasteiger partial charge is 0.489 e. The number of nitrogens with one attached hydrogen (secondary N) is 2. The van der Waals surface area contributed by atoms with Crippen LogP contribution in [0.2, 0.25) is 10.0 Å². The van der Waals surface area contributed by atoms with Crippen molar-refractivity contribution in [2.24, 2.45) is 0 Å². The van der Waals surface area contributed by atoms with Gasteiger partial charge < -0.3 is 19.8 Å². The van der Waals surface area contributed by atoms with Crippen LogP contribution in [0.4, 0.5) is 5.69 Å². The highest BCUT2D eigenvalue weighted by Gasteiger charge is 2.36. The van der Waals surface area contributed by atoms with Crippen molar-refractivity contribution in [1.29, 1.82) is 0 Å². The highest BCUT2D eigenvalue weighted by atomic mass is 35.5. The standard InChI is InChI=1S/C48H62Cl2N6O6/c1-5-7-9-10-11-12-13-14-15-16-17-18-19-23-29-61-47(59)35-26-27-38(41(30-35)62-33(3)4)51-46(58)44(56-40-32-37(50)36(49)31-39(40)53-54-56)45(57)42-43(34-24-21-20-22-25-34)55(28-8-6-2)48(60)52-42/h20-22,24-27,30-33,44H,5-19,23,28-29H2,1-4H3,(H,51,58)(H,52,60). The quantitative estimate of drug-likeness (QED) is 0.0229. The number of hydrogen-bond donors (Lipinski definition) is 2. The second-order valence-corrected chi connectivity index (χ2v) is 17.0. The van der Waals surface area contributed by atoms with Gasteiger partial charge in [-0.2, -0.15) is 0 Å². The third kappa shape index (κ3) is 13.3. The molecule has 3 aromatic carbocycles. The number of halogens is 2. The Morgan fingerprint density at radius 2 is 1.39 bits per heavy atom. The first-order valence-corrected chi connectivity index (χ1v) is 23.2. The number of esters is 1. The molecule has 5 aromatic rings. The van der Waals surface area contributed by atoms with Crippen LogP contribution in [0.1, 0.15) is 157 Å². The van der Waals surface area contributed by atoms with Gasteiger partial charge in [0.1, 0.15) is 17.0 Å². The minimum absolute atomic E-state index is 0.0725. The molecule has 0 aliphatic heterocycles. The molecule has 62 heavy (non-hydrogen) atoms. The lowest BCUT2D eigenvalue weighted by Gasteiger charge is -2.20. The predicted molar refractivity (Wildman–Crippen MR) is 248 cm³/mol. The molecular weight excluding hydrogens is 827 g/mol. The molecule has 12 nitrogen and oxygen atoms in total. The van der Waals surface area contributed by atoms with Crippen molar-refractivity contribution in [3.8, 4) is 17.0 Å². The molecule has 1 unspecified atom stereocenters. The molecular formula is C48H62Cl2N6O6. The lowest BCUT2D eigenvalue weighted by molar-refractivity contribution is -0.118. The number of carbonyl (C=O) groups is 3. The maximum Gasteiger partial charge on any atom is 0.338 e. The van der Waals surface area contributed by atoms with Gasteiger partial charge >= 0.3 is 11.7 Å². The fourth-order valence-corrected chi connectivity index (χ4v) is 7.84. The highest BCUT2D eigenvalue weighted by molar-refractivity contribution is 6.42. The third-order valence-corrected chi connectivity index (χ3v) is 11.6. The number of anilines is 1. The molecule has 1 atom stereocenters. The van der Waals surface area contributed by atoms with Crippen LogP contribution in [0, 0.1) is 0 Å². The first-order valence-electron chi connectivity index (χ1n) is 22.4. The molecule has 2 N–H and O–H groups in total. The number of fused-ring (bicyclic) bond motifs is 1. The zero-order chi connectivity index (χ0) is 44.4. The number of unbranched alkanes of at least 4 members (excludes halogenated alkanes) is 14. The number of aromatic amines is 1. The monoisotopic (exact) mass is 888 g/mol. The Balaban J connectivity index is 1.30. The number of nitrogens with zero attached hydrogens (tertiary/aromatic N) is 4. The summed E-state index contributed by atoms with van der Waals surface area (Å²) in [6, 6.07) is 14.9. The molecule has 0 aliphatic carbocycles. The number of benzene rings is 3. The van der Waals surface area contributed by atoms with Gasteiger partial charge in [0, 0.05) is 12.1 Å². The second kappa shape index (κ2) is 24.6. The van der Waals surface area contributed by atoms with Crippen LogP contribution < -0.4 is 15.7 Å². The number of amides is 1. The van der Waals surface area contributed by atoms with E-state index in [1.54, 1.807) is 18.2 Å². The number of H-pyrrole nitrogens is 1. The summed E-state index contributed by atoms with van der Waals surface area (Å²) in [7, 11) is 0. The number of hydrogen-bond acceptors (Lipinski definition) is 8. The van der Waals surface area contributed by atoms with Gasteiger partial charge in [-0.05, 0) is 57.0 Å². The minimum atomic E-state index is -1.70.